The first-order valence-corrected chi connectivity index (χ1v) is 7.04. The van der Waals surface area contributed by atoms with E-state index in [2.05, 4.69) is 6.92 Å². The van der Waals surface area contributed by atoms with E-state index in [0.29, 0.717) is 6.61 Å². The van der Waals surface area contributed by atoms with Crippen molar-refractivity contribution in [1.82, 2.24) is 0 Å². The molecule has 0 saturated carbocycles. The fourth-order valence-corrected chi connectivity index (χ4v) is 1.94. The third-order valence-electron chi connectivity index (χ3n) is 3.10. The Labute approximate surface area is 118 Å². The molecule has 1 aromatic carbocycles. The van der Waals surface area contributed by atoms with Gasteiger partial charge in [0.15, 0.2) is 0 Å². The molecule has 0 radical (unpaired) electrons. The van der Waals surface area contributed by atoms with Crippen LogP contribution >= 0.6 is 0 Å². The van der Waals surface area contributed by atoms with Crippen molar-refractivity contribution in [3.8, 4) is 5.75 Å². The smallest absolute Gasteiger partial charge is 0.418 e. The second-order valence-corrected chi connectivity index (χ2v) is 4.86. The molecule has 20 heavy (non-hydrogen) atoms. The predicted octanol–water partition coefficient (Wildman–Crippen LogP) is 5.03. The van der Waals surface area contributed by atoms with Crippen LogP contribution < -0.4 is 10.5 Å². The minimum atomic E-state index is -4.44. The van der Waals surface area contributed by atoms with Gasteiger partial charge in [-0.05, 0) is 24.6 Å². The Morgan fingerprint density at radius 2 is 1.70 bits per heavy atom. The summed E-state index contributed by atoms with van der Waals surface area (Å²) in [6, 6.07) is 3.67. The Bertz CT molecular complexity index is 405. The molecule has 0 aliphatic rings. The van der Waals surface area contributed by atoms with Gasteiger partial charge in [0, 0.05) is 5.69 Å². The van der Waals surface area contributed by atoms with Crippen LogP contribution in [-0.2, 0) is 6.18 Å². The van der Waals surface area contributed by atoms with Crippen LogP contribution in [0.1, 0.15) is 51.0 Å². The molecular weight excluding hydrogens is 267 g/mol. The summed E-state index contributed by atoms with van der Waals surface area (Å²) < 4.78 is 43.3. The van der Waals surface area contributed by atoms with E-state index >= 15 is 0 Å². The predicted molar refractivity (Wildman–Crippen MR) is 74.7 cm³/mol. The van der Waals surface area contributed by atoms with Crippen molar-refractivity contribution in [3.63, 3.8) is 0 Å². The van der Waals surface area contributed by atoms with Crippen LogP contribution in [0.2, 0.25) is 0 Å². The van der Waals surface area contributed by atoms with Crippen LogP contribution in [0.5, 0.6) is 5.75 Å². The highest BCUT2D eigenvalue weighted by atomic mass is 19.4. The van der Waals surface area contributed by atoms with E-state index < -0.39 is 11.7 Å². The number of rotatable bonds is 8. The molecule has 0 spiro atoms. The second kappa shape index (κ2) is 8.02. The van der Waals surface area contributed by atoms with Crippen molar-refractivity contribution in [3.05, 3.63) is 23.8 Å². The first-order valence-electron chi connectivity index (χ1n) is 7.04. The average Bonchev–Trinajstić information content (AvgIpc) is 2.38. The molecule has 0 heterocycles. The summed E-state index contributed by atoms with van der Waals surface area (Å²) in [5, 5.41) is 0. The molecule has 2 nitrogen and oxygen atoms in total. The van der Waals surface area contributed by atoms with Gasteiger partial charge in [0.05, 0.1) is 12.2 Å². The molecule has 0 fully saturated rings. The van der Waals surface area contributed by atoms with Crippen LogP contribution in [0.4, 0.5) is 18.9 Å². The summed E-state index contributed by atoms with van der Waals surface area (Å²) in [6.07, 6.45) is 2.24. The molecule has 114 valence electrons. The van der Waals surface area contributed by atoms with Crippen molar-refractivity contribution < 1.29 is 17.9 Å². The number of unbranched alkanes of at least 4 members (excludes halogenated alkanes) is 5. The lowest BCUT2D eigenvalue weighted by molar-refractivity contribution is -0.137. The Hall–Kier alpha value is -1.39. The van der Waals surface area contributed by atoms with Gasteiger partial charge in [-0.15, -0.1) is 0 Å². The maximum atomic E-state index is 12.7. The monoisotopic (exact) mass is 289 g/mol. The van der Waals surface area contributed by atoms with Gasteiger partial charge in [-0.25, -0.2) is 0 Å². The molecule has 0 atom stereocenters. The van der Waals surface area contributed by atoms with Gasteiger partial charge in [0.1, 0.15) is 5.75 Å². The SMILES string of the molecule is CCCCCCCCOc1ccc(N)c(C(F)(F)F)c1. The quantitative estimate of drug-likeness (QED) is 0.538. The number of benzene rings is 1. The number of halogens is 3. The normalized spacial score (nSPS) is 11.6. The van der Waals surface area contributed by atoms with E-state index in [1.54, 1.807) is 0 Å². The van der Waals surface area contributed by atoms with E-state index in [4.69, 9.17) is 10.5 Å². The highest BCUT2D eigenvalue weighted by molar-refractivity contribution is 5.51. The van der Waals surface area contributed by atoms with Gasteiger partial charge in [0.25, 0.3) is 0 Å². The lowest BCUT2D eigenvalue weighted by atomic mass is 10.1. The summed E-state index contributed by atoms with van der Waals surface area (Å²) in [5.41, 5.74) is 4.21. The van der Waals surface area contributed by atoms with Gasteiger partial charge < -0.3 is 10.5 Å². The molecule has 0 aliphatic carbocycles. The highest BCUT2D eigenvalue weighted by Crippen LogP contribution is 2.35. The molecule has 1 rings (SSSR count). The zero-order chi connectivity index (χ0) is 15.0. The molecule has 1 aromatic rings. The largest absolute Gasteiger partial charge is 0.494 e. The summed E-state index contributed by atoms with van der Waals surface area (Å²) in [4.78, 5) is 0. The van der Waals surface area contributed by atoms with E-state index in [-0.39, 0.29) is 11.4 Å². The Kier molecular flexibility index (Phi) is 6.68. The molecule has 0 aliphatic heterocycles. The van der Waals surface area contributed by atoms with E-state index in [9.17, 15) is 13.2 Å². The van der Waals surface area contributed by atoms with Crippen molar-refractivity contribution >= 4 is 5.69 Å². The number of alkyl halides is 3. The lowest BCUT2D eigenvalue weighted by Crippen LogP contribution is -2.09. The van der Waals surface area contributed by atoms with Gasteiger partial charge in [-0.3, -0.25) is 0 Å². The Morgan fingerprint density at radius 3 is 2.35 bits per heavy atom. The molecule has 2 N–H and O–H groups in total. The third-order valence-corrected chi connectivity index (χ3v) is 3.10. The standard InChI is InChI=1S/C15H22F3NO/c1-2-3-4-5-6-7-10-20-12-8-9-14(19)13(11-12)15(16,17)18/h8-9,11H,2-7,10,19H2,1H3. The molecule has 5 heteroatoms. The van der Waals surface area contributed by atoms with Gasteiger partial charge in [-0.2, -0.15) is 13.2 Å². The van der Waals surface area contributed by atoms with E-state index in [1.165, 1.54) is 31.4 Å². The molecule has 0 unspecified atom stereocenters. The zero-order valence-electron chi connectivity index (χ0n) is 11.8. The summed E-state index contributed by atoms with van der Waals surface area (Å²) in [5.74, 6) is 0.222. The third kappa shape index (κ3) is 5.72. The fourth-order valence-electron chi connectivity index (χ4n) is 1.94. The maximum absolute atomic E-state index is 12.7. The Morgan fingerprint density at radius 1 is 1.05 bits per heavy atom. The van der Waals surface area contributed by atoms with Crippen LogP contribution in [-0.4, -0.2) is 6.61 Å². The maximum Gasteiger partial charge on any atom is 0.418 e. The number of nitrogens with two attached hydrogens (primary N) is 1. The molecule has 0 aromatic heterocycles. The van der Waals surface area contributed by atoms with Gasteiger partial charge >= 0.3 is 6.18 Å². The van der Waals surface area contributed by atoms with Crippen molar-refractivity contribution in [2.75, 3.05) is 12.3 Å². The number of nitrogen functional groups attached to an aromatic ring is 1. The summed E-state index contributed by atoms with van der Waals surface area (Å²) in [7, 11) is 0. The average molecular weight is 289 g/mol. The van der Waals surface area contributed by atoms with Crippen molar-refractivity contribution in [1.29, 1.82) is 0 Å². The first kappa shape index (κ1) is 16.7. The zero-order valence-corrected chi connectivity index (χ0v) is 11.8. The molecule has 0 saturated heterocycles. The van der Waals surface area contributed by atoms with Gasteiger partial charge in [0.2, 0.25) is 0 Å². The Balaban J connectivity index is 2.38. The summed E-state index contributed by atoms with van der Waals surface area (Å²) >= 11 is 0. The van der Waals surface area contributed by atoms with Crippen LogP contribution in [0.25, 0.3) is 0 Å². The van der Waals surface area contributed by atoms with E-state index in [1.807, 2.05) is 0 Å². The molecule has 0 bridgehead atoms. The fraction of sp³-hybridized carbons (Fsp3) is 0.600. The van der Waals surface area contributed by atoms with Gasteiger partial charge in [-0.1, -0.05) is 39.0 Å². The minimum Gasteiger partial charge on any atom is -0.494 e. The van der Waals surface area contributed by atoms with Crippen molar-refractivity contribution in [2.45, 2.75) is 51.6 Å². The number of hydrogen-bond donors (Lipinski definition) is 1. The molecular formula is C15H22F3NO. The topological polar surface area (TPSA) is 35.2 Å². The van der Waals surface area contributed by atoms with Crippen molar-refractivity contribution in [2.24, 2.45) is 0 Å². The first-order chi connectivity index (χ1) is 9.45. The number of hydrogen-bond acceptors (Lipinski definition) is 2. The van der Waals surface area contributed by atoms with Crippen LogP contribution in [0, 0.1) is 0 Å². The number of anilines is 1. The lowest BCUT2D eigenvalue weighted by Gasteiger charge is -2.12. The minimum absolute atomic E-state index is 0.222. The highest BCUT2D eigenvalue weighted by Gasteiger charge is 2.33. The molecule has 0 amide bonds. The second-order valence-electron chi connectivity index (χ2n) is 4.86. The summed E-state index contributed by atoms with van der Waals surface area (Å²) in [6.45, 7) is 2.59. The number of ether oxygens (including phenoxy) is 1. The van der Waals surface area contributed by atoms with Crippen LogP contribution in [0.15, 0.2) is 18.2 Å². The van der Waals surface area contributed by atoms with E-state index in [0.717, 1.165) is 25.3 Å². The van der Waals surface area contributed by atoms with Crippen LogP contribution in [0.3, 0.4) is 0 Å².